The van der Waals surface area contributed by atoms with Crippen LogP contribution in [-0.2, 0) is 9.59 Å². The van der Waals surface area contributed by atoms with Crippen LogP contribution >= 0.6 is 0 Å². The molecule has 0 radical (unpaired) electrons. The number of nitrogens with zero attached hydrogens (tertiary/aromatic N) is 2. The van der Waals surface area contributed by atoms with Crippen LogP contribution in [0.1, 0.15) is 50.2 Å². The Morgan fingerprint density at radius 3 is 2.36 bits per heavy atom. The predicted octanol–water partition coefficient (Wildman–Crippen LogP) is 2.45. The molecule has 5 nitrogen and oxygen atoms in total. The number of hydrogen-bond donors (Lipinski definition) is 0. The van der Waals surface area contributed by atoms with Gasteiger partial charge in [0, 0.05) is 18.7 Å². The highest BCUT2D eigenvalue weighted by Crippen LogP contribution is 2.38. The Labute approximate surface area is 146 Å². The highest BCUT2D eigenvalue weighted by atomic mass is 19.1. The molecule has 0 unspecified atom stereocenters. The number of halogens is 1. The fraction of sp³-hybridized carbons (Fsp3) is 0.474. The van der Waals surface area contributed by atoms with E-state index in [1.54, 1.807) is 19.9 Å². The van der Waals surface area contributed by atoms with Crippen molar-refractivity contribution in [3.8, 4) is 17.6 Å². The molecule has 1 aromatic rings. The SMILES string of the molecule is CC#Cc1cc(F)c(C2C(=O)N3CCCCCN3C2=O)c(OCC)c1. The third kappa shape index (κ3) is 3.07. The summed E-state index contributed by atoms with van der Waals surface area (Å²) in [5.74, 6) is 3.15. The molecule has 2 heterocycles. The maximum absolute atomic E-state index is 14.8. The zero-order valence-corrected chi connectivity index (χ0v) is 14.5. The van der Waals surface area contributed by atoms with Crippen molar-refractivity contribution in [3.05, 3.63) is 29.1 Å². The van der Waals surface area contributed by atoms with Gasteiger partial charge < -0.3 is 4.74 Å². The summed E-state index contributed by atoms with van der Waals surface area (Å²) < 4.78 is 20.4. The summed E-state index contributed by atoms with van der Waals surface area (Å²) in [5.41, 5.74) is 0.478. The predicted molar refractivity (Wildman–Crippen MR) is 90.1 cm³/mol. The van der Waals surface area contributed by atoms with Gasteiger partial charge in [-0.05, 0) is 45.2 Å². The molecule has 3 rings (SSSR count). The molecule has 0 N–H and O–H groups in total. The van der Waals surface area contributed by atoms with Gasteiger partial charge in [0.2, 0.25) is 0 Å². The highest BCUT2D eigenvalue weighted by molar-refractivity contribution is 6.10. The van der Waals surface area contributed by atoms with Crippen LogP contribution in [-0.4, -0.2) is 41.5 Å². The lowest BCUT2D eigenvalue weighted by atomic mass is 9.95. The molecule has 2 amide bonds. The van der Waals surface area contributed by atoms with Gasteiger partial charge in [-0.25, -0.2) is 4.39 Å². The summed E-state index contributed by atoms with van der Waals surface area (Å²) in [6.07, 6.45) is 2.66. The molecule has 0 atom stereocenters. The topological polar surface area (TPSA) is 49.9 Å². The zero-order valence-electron chi connectivity index (χ0n) is 14.5. The Morgan fingerprint density at radius 2 is 1.80 bits per heavy atom. The van der Waals surface area contributed by atoms with Gasteiger partial charge in [0.25, 0.3) is 11.8 Å². The van der Waals surface area contributed by atoms with E-state index in [1.807, 2.05) is 0 Å². The molecule has 6 heteroatoms. The lowest BCUT2D eigenvalue weighted by Crippen LogP contribution is -2.40. The van der Waals surface area contributed by atoms with Crippen molar-refractivity contribution in [1.29, 1.82) is 0 Å². The van der Waals surface area contributed by atoms with Crippen molar-refractivity contribution in [2.75, 3.05) is 19.7 Å². The summed E-state index contributed by atoms with van der Waals surface area (Å²) in [4.78, 5) is 25.7. The Hall–Kier alpha value is -2.55. The molecule has 2 fully saturated rings. The first-order valence-electron chi connectivity index (χ1n) is 8.60. The Balaban J connectivity index is 2.07. The van der Waals surface area contributed by atoms with Crippen molar-refractivity contribution < 1.29 is 18.7 Å². The van der Waals surface area contributed by atoms with Gasteiger partial charge in [0.15, 0.2) is 5.92 Å². The maximum Gasteiger partial charge on any atom is 0.258 e. The fourth-order valence-electron chi connectivity index (χ4n) is 3.41. The molecule has 1 aromatic carbocycles. The molecule has 25 heavy (non-hydrogen) atoms. The smallest absolute Gasteiger partial charge is 0.258 e. The number of hydrazine groups is 1. The van der Waals surface area contributed by atoms with Gasteiger partial charge in [-0.1, -0.05) is 5.92 Å². The van der Waals surface area contributed by atoms with Gasteiger partial charge in [0.1, 0.15) is 11.6 Å². The largest absolute Gasteiger partial charge is 0.493 e. The minimum atomic E-state index is -1.18. The number of hydrogen-bond acceptors (Lipinski definition) is 3. The highest BCUT2D eigenvalue weighted by Gasteiger charge is 2.48. The van der Waals surface area contributed by atoms with E-state index in [0.717, 1.165) is 19.3 Å². The molecular formula is C19H21FN2O3. The van der Waals surface area contributed by atoms with Crippen molar-refractivity contribution in [1.82, 2.24) is 10.0 Å². The number of benzene rings is 1. The van der Waals surface area contributed by atoms with E-state index in [1.165, 1.54) is 16.1 Å². The van der Waals surface area contributed by atoms with E-state index in [0.29, 0.717) is 25.3 Å². The minimum Gasteiger partial charge on any atom is -0.493 e. The molecule has 0 saturated carbocycles. The van der Waals surface area contributed by atoms with Crippen molar-refractivity contribution in [3.63, 3.8) is 0 Å². The summed E-state index contributed by atoms with van der Waals surface area (Å²) in [6, 6.07) is 2.85. The second-order valence-corrected chi connectivity index (χ2v) is 6.09. The molecule has 0 aliphatic carbocycles. The Bertz CT molecular complexity index is 742. The van der Waals surface area contributed by atoms with Crippen LogP contribution < -0.4 is 4.74 Å². The minimum absolute atomic E-state index is 0.0200. The first-order valence-corrected chi connectivity index (χ1v) is 8.60. The van der Waals surface area contributed by atoms with Gasteiger partial charge in [-0.3, -0.25) is 19.6 Å². The van der Waals surface area contributed by atoms with E-state index in [2.05, 4.69) is 11.8 Å². The Morgan fingerprint density at radius 1 is 1.16 bits per heavy atom. The first-order chi connectivity index (χ1) is 12.1. The van der Waals surface area contributed by atoms with Crippen LogP contribution in [0.15, 0.2) is 12.1 Å². The molecule has 0 spiro atoms. The third-order valence-corrected chi connectivity index (χ3v) is 4.48. The standard InChI is InChI=1S/C19H21FN2O3/c1-3-8-13-11-14(20)16(15(12-13)25-4-2)17-18(23)21-9-6-5-7-10-22(21)19(17)24/h11-12,17H,4-7,9-10H2,1-2H3. The summed E-state index contributed by atoms with van der Waals surface area (Å²) in [5, 5.41) is 2.93. The van der Waals surface area contributed by atoms with Crippen LogP contribution in [0.3, 0.4) is 0 Å². The number of amides is 2. The van der Waals surface area contributed by atoms with Gasteiger partial charge in [0.05, 0.1) is 12.2 Å². The number of carbonyl (C=O) groups is 2. The lowest BCUT2D eigenvalue weighted by molar-refractivity contribution is -0.145. The van der Waals surface area contributed by atoms with Crippen molar-refractivity contribution in [2.24, 2.45) is 0 Å². The van der Waals surface area contributed by atoms with E-state index < -0.39 is 11.7 Å². The second kappa shape index (κ2) is 7.14. The number of ether oxygens (including phenoxy) is 1. The van der Waals surface area contributed by atoms with E-state index >= 15 is 0 Å². The van der Waals surface area contributed by atoms with Crippen LogP contribution in [0.5, 0.6) is 5.75 Å². The van der Waals surface area contributed by atoms with Crippen LogP contribution in [0.4, 0.5) is 4.39 Å². The number of fused-ring (bicyclic) bond motifs is 1. The summed E-state index contributed by atoms with van der Waals surface area (Å²) in [7, 11) is 0. The monoisotopic (exact) mass is 344 g/mol. The molecular weight excluding hydrogens is 323 g/mol. The fourth-order valence-corrected chi connectivity index (χ4v) is 3.41. The van der Waals surface area contributed by atoms with Gasteiger partial charge >= 0.3 is 0 Å². The Kier molecular flexibility index (Phi) is 4.93. The first kappa shape index (κ1) is 17.3. The molecule has 2 aliphatic heterocycles. The normalized spacial score (nSPS) is 17.9. The quantitative estimate of drug-likeness (QED) is 0.625. The summed E-state index contributed by atoms with van der Waals surface area (Å²) >= 11 is 0. The second-order valence-electron chi connectivity index (χ2n) is 6.09. The van der Waals surface area contributed by atoms with Crippen LogP contribution in [0.2, 0.25) is 0 Å². The van der Waals surface area contributed by atoms with Crippen LogP contribution in [0, 0.1) is 17.7 Å². The molecule has 2 aliphatic rings. The lowest BCUT2D eigenvalue weighted by Gasteiger charge is -2.24. The third-order valence-electron chi connectivity index (χ3n) is 4.48. The number of carbonyl (C=O) groups excluding carboxylic acids is 2. The van der Waals surface area contributed by atoms with Crippen LogP contribution in [0.25, 0.3) is 0 Å². The van der Waals surface area contributed by atoms with E-state index in [4.69, 9.17) is 4.74 Å². The molecule has 0 bridgehead atoms. The van der Waals surface area contributed by atoms with Crippen molar-refractivity contribution in [2.45, 2.75) is 39.0 Å². The molecule has 0 aromatic heterocycles. The van der Waals surface area contributed by atoms with Gasteiger partial charge in [-0.2, -0.15) is 0 Å². The average Bonchev–Trinajstić information content (AvgIpc) is 2.75. The van der Waals surface area contributed by atoms with E-state index in [9.17, 15) is 14.0 Å². The number of rotatable bonds is 3. The average molecular weight is 344 g/mol. The summed E-state index contributed by atoms with van der Waals surface area (Å²) in [6.45, 7) is 4.72. The zero-order chi connectivity index (χ0) is 18.0. The van der Waals surface area contributed by atoms with E-state index in [-0.39, 0.29) is 23.1 Å². The van der Waals surface area contributed by atoms with Crippen molar-refractivity contribution >= 4 is 11.8 Å². The molecule has 132 valence electrons. The molecule has 2 saturated heterocycles. The van der Waals surface area contributed by atoms with Gasteiger partial charge in [-0.15, -0.1) is 5.92 Å². The maximum atomic E-state index is 14.8.